The number of hydrogen-bond donors (Lipinski definition) is 2. The summed E-state index contributed by atoms with van der Waals surface area (Å²) in [6.45, 7) is 4.22. The highest BCUT2D eigenvalue weighted by molar-refractivity contribution is 7.20. The lowest BCUT2D eigenvalue weighted by molar-refractivity contribution is -0.114. The van der Waals surface area contributed by atoms with E-state index in [9.17, 15) is 4.79 Å². The van der Waals surface area contributed by atoms with Crippen LogP contribution in [-0.2, 0) is 4.79 Å². The molecule has 1 saturated carbocycles. The molecule has 2 N–H and O–H groups in total. The van der Waals surface area contributed by atoms with Crippen molar-refractivity contribution in [2.75, 3.05) is 29.1 Å². The van der Waals surface area contributed by atoms with Crippen LogP contribution in [0.25, 0.3) is 16.2 Å². The number of likely N-dealkylation sites (N-methyl/N-ethyl adjacent to an activating group) is 1. The number of anilines is 3. The van der Waals surface area contributed by atoms with Gasteiger partial charge in [-0.3, -0.25) is 4.79 Å². The zero-order valence-electron chi connectivity index (χ0n) is 19.8. The molecule has 1 aliphatic carbocycles. The summed E-state index contributed by atoms with van der Waals surface area (Å²) >= 11 is 1.49. The van der Waals surface area contributed by atoms with Crippen molar-refractivity contribution in [2.45, 2.75) is 45.6 Å². The van der Waals surface area contributed by atoms with Crippen LogP contribution in [0.4, 0.5) is 16.6 Å². The van der Waals surface area contributed by atoms with Crippen LogP contribution < -0.4 is 15.5 Å². The molecule has 7 nitrogen and oxygen atoms in total. The Balaban J connectivity index is 1.39. The molecule has 8 heteroatoms. The molecule has 1 amide bonds. The second kappa shape index (κ2) is 9.46. The van der Waals surface area contributed by atoms with Gasteiger partial charge in [0.15, 0.2) is 5.82 Å². The molecule has 2 heterocycles. The van der Waals surface area contributed by atoms with Crippen LogP contribution >= 0.6 is 11.3 Å². The van der Waals surface area contributed by atoms with Crippen LogP contribution in [0.15, 0.2) is 48.5 Å². The number of rotatable bonds is 7. The molecule has 0 spiro atoms. The molecular formula is C26H30N6OS. The van der Waals surface area contributed by atoms with Gasteiger partial charge in [-0.2, -0.15) is 4.52 Å². The average Bonchev–Trinajstić information content (AvgIpc) is 3.55. The van der Waals surface area contributed by atoms with E-state index < -0.39 is 0 Å². The molecule has 0 unspecified atom stereocenters. The van der Waals surface area contributed by atoms with Gasteiger partial charge in [-0.25, -0.2) is 4.98 Å². The lowest BCUT2D eigenvalue weighted by Crippen LogP contribution is -2.30. The molecule has 0 saturated heterocycles. The summed E-state index contributed by atoms with van der Waals surface area (Å²) < 4.78 is 1.90. The number of aryl methyl sites for hydroxylation is 2. The number of hydrogen-bond acceptors (Lipinski definition) is 6. The summed E-state index contributed by atoms with van der Waals surface area (Å²) in [4.78, 5) is 20.4. The van der Waals surface area contributed by atoms with Crippen molar-refractivity contribution in [1.29, 1.82) is 0 Å². The molecule has 1 fully saturated rings. The van der Waals surface area contributed by atoms with Gasteiger partial charge in [0.25, 0.3) is 0 Å². The quantitative estimate of drug-likeness (QED) is 0.370. The fraction of sp³-hybridized carbons (Fsp3) is 0.346. The number of carbonyl (C=O) groups is 1. The minimum Gasteiger partial charge on any atom is -0.365 e. The Morgan fingerprint density at radius 2 is 1.79 bits per heavy atom. The zero-order chi connectivity index (χ0) is 23.7. The van der Waals surface area contributed by atoms with Crippen LogP contribution in [0.3, 0.4) is 0 Å². The monoisotopic (exact) mass is 474 g/mol. The summed E-state index contributed by atoms with van der Waals surface area (Å²) in [6.07, 6.45) is 4.83. The molecule has 0 aliphatic heterocycles. The van der Waals surface area contributed by atoms with Crippen molar-refractivity contribution in [3.05, 3.63) is 59.7 Å². The van der Waals surface area contributed by atoms with E-state index in [0.717, 1.165) is 56.8 Å². The minimum atomic E-state index is -0.0676. The van der Waals surface area contributed by atoms with E-state index in [4.69, 9.17) is 10.1 Å². The third-order valence-electron chi connectivity index (χ3n) is 6.39. The maximum absolute atomic E-state index is 12.8. The largest absolute Gasteiger partial charge is 0.365 e. The molecule has 5 rings (SSSR count). The van der Waals surface area contributed by atoms with Crippen LogP contribution in [0.1, 0.15) is 36.8 Å². The molecule has 0 bridgehead atoms. The van der Waals surface area contributed by atoms with Gasteiger partial charge in [-0.15, -0.1) is 5.10 Å². The second-order valence-electron chi connectivity index (χ2n) is 9.05. The molecule has 0 atom stereocenters. The predicted octanol–water partition coefficient (Wildman–Crippen LogP) is 5.50. The fourth-order valence-corrected chi connectivity index (χ4v) is 5.42. The smallest absolute Gasteiger partial charge is 0.243 e. The Kier molecular flexibility index (Phi) is 6.24. The van der Waals surface area contributed by atoms with Gasteiger partial charge in [0.2, 0.25) is 16.0 Å². The highest BCUT2D eigenvalue weighted by Gasteiger charge is 2.24. The van der Waals surface area contributed by atoms with E-state index in [1.807, 2.05) is 66.7 Å². The molecule has 2 aromatic heterocycles. The normalized spacial score (nSPS) is 14.0. The third kappa shape index (κ3) is 4.50. The predicted molar refractivity (Wildman–Crippen MR) is 140 cm³/mol. The van der Waals surface area contributed by atoms with Crippen molar-refractivity contribution in [3.8, 4) is 11.3 Å². The Labute approximate surface area is 203 Å². The Bertz CT molecular complexity index is 1290. The number of fused-ring (bicyclic) bond motifs is 1. The van der Waals surface area contributed by atoms with Crippen molar-refractivity contribution in [2.24, 2.45) is 0 Å². The Morgan fingerprint density at radius 3 is 2.50 bits per heavy atom. The number of para-hydroxylation sites is 1. The van der Waals surface area contributed by atoms with Gasteiger partial charge in [0.05, 0.1) is 6.54 Å². The van der Waals surface area contributed by atoms with Crippen molar-refractivity contribution in [3.63, 3.8) is 0 Å². The standard InChI is InChI=1S/C26H30N6OS/c1-17-10-9-11-18(2)22(17)28-21(33)16-31(3)26-30-32-24(27-20-14-7-8-15-20)23(29-25(32)34-26)19-12-5-4-6-13-19/h4-6,9-13,20,27H,7-8,14-16H2,1-3H3,(H,28,33). The summed E-state index contributed by atoms with van der Waals surface area (Å²) in [5, 5.41) is 12.4. The SMILES string of the molecule is Cc1cccc(C)c1NC(=O)CN(C)c1nn2c(NC3CCCC3)c(-c3ccccc3)nc2s1. The lowest BCUT2D eigenvalue weighted by atomic mass is 10.1. The molecule has 1 aliphatic rings. The van der Waals surface area contributed by atoms with Crippen LogP contribution in [0, 0.1) is 13.8 Å². The maximum atomic E-state index is 12.8. The molecular weight excluding hydrogens is 444 g/mol. The van der Waals surface area contributed by atoms with Crippen LogP contribution in [0.5, 0.6) is 0 Å². The first-order valence-corrected chi connectivity index (χ1v) is 12.6. The van der Waals surface area contributed by atoms with Gasteiger partial charge >= 0.3 is 0 Å². The highest BCUT2D eigenvalue weighted by atomic mass is 32.1. The van der Waals surface area contributed by atoms with Gasteiger partial charge in [0, 0.05) is 24.3 Å². The Hall–Kier alpha value is -3.39. The van der Waals surface area contributed by atoms with E-state index in [1.165, 1.54) is 24.2 Å². The van der Waals surface area contributed by atoms with Crippen LogP contribution in [-0.4, -0.2) is 40.1 Å². The first-order valence-electron chi connectivity index (χ1n) is 11.8. The number of nitrogens with one attached hydrogen (secondary N) is 2. The summed E-state index contributed by atoms with van der Waals surface area (Å²) in [5.41, 5.74) is 4.99. The lowest BCUT2D eigenvalue weighted by Gasteiger charge is -2.17. The molecule has 34 heavy (non-hydrogen) atoms. The van der Waals surface area contributed by atoms with E-state index >= 15 is 0 Å². The van der Waals surface area contributed by atoms with Crippen LogP contribution in [0.2, 0.25) is 0 Å². The highest BCUT2D eigenvalue weighted by Crippen LogP contribution is 2.35. The number of imidazole rings is 1. The molecule has 4 aromatic rings. The zero-order valence-corrected chi connectivity index (χ0v) is 20.7. The van der Waals surface area contributed by atoms with Gasteiger partial charge in [-0.1, -0.05) is 72.7 Å². The molecule has 2 aromatic carbocycles. The maximum Gasteiger partial charge on any atom is 0.243 e. The van der Waals surface area contributed by atoms with E-state index in [-0.39, 0.29) is 12.5 Å². The number of aromatic nitrogens is 3. The topological polar surface area (TPSA) is 74.6 Å². The molecule has 176 valence electrons. The van der Waals surface area contributed by atoms with Gasteiger partial charge in [-0.05, 0) is 37.8 Å². The summed E-state index contributed by atoms with van der Waals surface area (Å²) in [6, 6.07) is 16.7. The fourth-order valence-electron chi connectivity index (χ4n) is 4.56. The van der Waals surface area contributed by atoms with Crippen molar-refractivity contribution < 1.29 is 4.79 Å². The average molecular weight is 475 g/mol. The van der Waals surface area contributed by atoms with E-state index in [1.54, 1.807) is 0 Å². The number of carbonyl (C=O) groups excluding carboxylic acids is 1. The minimum absolute atomic E-state index is 0.0676. The van der Waals surface area contributed by atoms with Gasteiger partial charge in [0.1, 0.15) is 5.69 Å². The third-order valence-corrected chi connectivity index (χ3v) is 7.41. The molecule has 0 radical (unpaired) electrons. The summed E-state index contributed by atoms with van der Waals surface area (Å²) in [5.74, 6) is 0.867. The number of nitrogens with zero attached hydrogens (tertiary/aromatic N) is 4. The summed E-state index contributed by atoms with van der Waals surface area (Å²) in [7, 11) is 1.89. The van der Waals surface area contributed by atoms with E-state index in [0.29, 0.717) is 6.04 Å². The first-order chi connectivity index (χ1) is 16.5. The Morgan fingerprint density at radius 1 is 1.09 bits per heavy atom. The van der Waals surface area contributed by atoms with E-state index in [2.05, 4.69) is 22.8 Å². The number of amides is 1. The second-order valence-corrected chi connectivity index (χ2v) is 9.99. The first kappa shape index (κ1) is 22.4. The number of benzene rings is 2. The van der Waals surface area contributed by atoms with Crippen molar-refractivity contribution >= 4 is 38.8 Å². The van der Waals surface area contributed by atoms with Gasteiger partial charge < -0.3 is 15.5 Å². The van der Waals surface area contributed by atoms with Crippen molar-refractivity contribution in [1.82, 2.24) is 14.6 Å².